The molecule has 1 fully saturated rings. The monoisotopic (exact) mass is 434 g/mol. The molecule has 32 heavy (non-hydrogen) atoms. The van der Waals surface area contributed by atoms with Crippen LogP contribution in [0.4, 0.5) is 0 Å². The second-order valence-corrected chi connectivity index (χ2v) is 9.90. The molecule has 1 amide bonds. The van der Waals surface area contributed by atoms with Crippen LogP contribution in [0, 0.1) is 0 Å². The van der Waals surface area contributed by atoms with Gasteiger partial charge < -0.3 is 15.3 Å². The molecule has 2 atom stereocenters. The van der Waals surface area contributed by atoms with E-state index in [1.807, 2.05) is 30.1 Å². The van der Waals surface area contributed by atoms with Crippen LogP contribution in [-0.2, 0) is 17.6 Å². The molecular formula is C28H38N2O2. The minimum atomic E-state index is -0.658. The zero-order valence-electron chi connectivity index (χ0n) is 19.6. The second kappa shape index (κ2) is 10.2. The van der Waals surface area contributed by atoms with Crippen LogP contribution in [0.25, 0.3) is 0 Å². The van der Waals surface area contributed by atoms with E-state index >= 15 is 0 Å². The Kier molecular flexibility index (Phi) is 7.32. The van der Waals surface area contributed by atoms with Crippen LogP contribution in [0.1, 0.15) is 73.1 Å². The summed E-state index contributed by atoms with van der Waals surface area (Å²) in [6.07, 6.45) is 6.04. The molecule has 0 spiro atoms. The Labute approximate surface area is 193 Å². The summed E-state index contributed by atoms with van der Waals surface area (Å²) in [5.74, 6) is 0.866. The highest BCUT2D eigenvalue weighted by atomic mass is 16.3. The molecule has 172 valence electrons. The van der Waals surface area contributed by atoms with Crippen molar-refractivity contribution in [2.75, 3.05) is 26.7 Å². The highest BCUT2D eigenvalue weighted by Crippen LogP contribution is 2.42. The number of carbonyl (C=O) groups excluding carboxylic acids is 1. The molecule has 1 aliphatic heterocycles. The van der Waals surface area contributed by atoms with Gasteiger partial charge in [-0.2, -0.15) is 0 Å². The number of rotatable bonds is 8. The van der Waals surface area contributed by atoms with E-state index in [9.17, 15) is 9.90 Å². The van der Waals surface area contributed by atoms with Gasteiger partial charge in [-0.1, -0.05) is 55.5 Å². The van der Waals surface area contributed by atoms with Crippen molar-refractivity contribution in [2.45, 2.75) is 69.3 Å². The molecule has 4 rings (SSSR count). The van der Waals surface area contributed by atoms with Gasteiger partial charge >= 0.3 is 0 Å². The van der Waals surface area contributed by atoms with Gasteiger partial charge in [0.1, 0.15) is 0 Å². The maximum Gasteiger partial charge on any atom is 0.223 e. The van der Waals surface area contributed by atoms with Crippen molar-refractivity contribution in [3.05, 3.63) is 70.8 Å². The number of nitrogens with one attached hydrogen (secondary N) is 1. The highest BCUT2D eigenvalue weighted by Gasteiger charge is 2.38. The van der Waals surface area contributed by atoms with Crippen LogP contribution in [0.2, 0.25) is 0 Å². The van der Waals surface area contributed by atoms with Gasteiger partial charge in [-0.05, 0) is 86.2 Å². The summed E-state index contributed by atoms with van der Waals surface area (Å²) in [7, 11) is 2.00. The zero-order chi connectivity index (χ0) is 22.6. The van der Waals surface area contributed by atoms with Crippen LogP contribution < -0.4 is 5.32 Å². The Morgan fingerprint density at radius 1 is 1.16 bits per heavy atom. The van der Waals surface area contributed by atoms with E-state index in [1.54, 1.807) is 0 Å². The van der Waals surface area contributed by atoms with Crippen molar-refractivity contribution in [1.29, 1.82) is 0 Å². The van der Waals surface area contributed by atoms with Gasteiger partial charge in [-0.3, -0.25) is 4.79 Å². The summed E-state index contributed by atoms with van der Waals surface area (Å²) < 4.78 is 0. The molecule has 2 aromatic carbocycles. The minimum absolute atomic E-state index is 0.212. The first-order valence-electron chi connectivity index (χ1n) is 12.3. The maximum absolute atomic E-state index is 12.9. The fourth-order valence-electron chi connectivity index (χ4n) is 5.65. The van der Waals surface area contributed by atoms with Crippen LogP contribution in [-0.4, -0.2) is 48.2 Å². The summed E-state index contributed by atoms with van der Waals surface area (Å²) in [6, 6.07) is 17.0. The van der Waals surface area contributed by atoms with Gasteiger partial charge in [0.15, 0.2) is 0 Å². The molecule has 1 saturated heterocycles. The van der Waals surface area contributed by atoms with Crippen molar-refractivity contribution in [3.63, 3.8) is 0 Å². The van der Waals surface area contributed by atoms with Gasteiger partial charge in [-0.25, -0.2) is 0 Å². The second-order valence-electron chi connectivity index (χ2n) is 9.90. The summed E-state index contributed by atoms with van der Waals surface area (Å²) >= 11 is 0. The van der Waals surface area contributed by atoms with E-state index in [0.717, 1.165) is 32.2 Å². The number of aliphatic hydroxyl groups is 1. The van der Waals surface area contributed by atoms with Crippen LogP contribution >= 0.6 is 0 Å². The van der Waals surface area contributed by atoms with Crippen molar-refractivity contribution < 1.29 is 9.90 Å². The molecule has 4 nitrogen and oxygen atoms in total. The first kappa shape index (κ1) is 23.0. The Bertz CT molecular complexity index is 903. The van der Waals surface area contributed by atoms with Crippen LogP contribution in [0.5, 0.6) is 0 Å². The SMILES string of the molecule is CNCCc1cccc2c1CCC2CC1(O)CCN(C(=O)C[C@@H](C)c2ccccc2)CC1. The average molecular weight is 435 g/mol. The Hall–Kier alpha value is -2.17. The number of piperidine rings is 1. The van der Waals surface area contributed by atoms with Gasteiger partial charge in [0, 0.05) is 19.5 Å². The third kappa shape index (κ3) is 5.24. The topological polar surface area (TPSA) is 52.6 Å². The lowest BCUT2D eigenvalue weighted by Gasteiger charge is -2.40. The average Bonchev–Trinajstić information content (AvgIpc) is 3.21. The maximum atomic E-state index is 12.9. The minimum Gasteiger partial charge on any atom is -0.390 e. The highest BCUT2D eigenvalue weighted by molar-refractivity contribution is 5.77. The molecular weight excluding hydrogens is 396 g/mol. The van der Waals surface area contributed by atoms with Crippen molar-refractivity contribution in [1.82, 2.24) is 10.2 Å². The zero-order valence-corrected chi connectivity index (χ0v) is 19.6. The normalized spacial score (nSPS) is 20.7. The van der Waals surface area contributed by atoms with Crippen LogP contribution in [0.3, 0.4) is 0 Å². The predicted octanol–water partition coefficient (Wildman–Crippen LogP) is 4.42. The number of hydrogen-bond donors (Lipinski definition) is 2. The third-order valence-corrected chi connectivity index (χ3v) is 7.66. The van der Waals surface area contributed by atoms with E-state index in [0.29, 0.717) is 38.3 Å². The molecule has 4 heteroatoms. The summed E-state index contributed by atoms with van der Waals surface area (Å²) in [6.45, 7) is 4.45. The molecule has 2 N–H and O–H groups in total. The molecule has 1 aliphatic carbocycles. The number of fused-ring (bicyclic) bond motifs is 1. The van der Waals surface area contributed by atoms with E-state index in [4.69, 9.17) is 0 Å². The standard InChI is InChI=1S/C28H38N2O2/c1-21(22-7-4-3-5-8-22)19-27(31)30-17-14-28(32,15-18-30)20-24-11-12-26-23(13-16-29-2)9-6-10-25(24)26/h3-10,21,24,29,32H,11-20H2,1-2H3/t21-,24?/m1/s1. The van der Waals surface area contributed by atoms with Gasteiger partial charge in [0.05, 0.1) is 5.60 Å². The lowest BCUT2D eigenvalue weighted by atomic mass is 9.80. The molecule has 2 aliphatic rings. The Morgan fingerprint density at radius 3 is 2.62 bits per heavy atom. The van der Waals surface area contributed by atoms with Gasteiger partial charge in [0.25, 0.3) is 0 Å². The van der Waals surface area contributed by atoms with Crippen molar-refractivity contribution in [2.24, 2.45) is 0 Å². The molecule has 0 bridgehead atoms. The number of hydrogen-bond acceptors (Lipinski definition) is 3. The Morgan fingerprint density at radius 2 is 1.91 bits per heavy atom. The molecule has 0 aromatic heterocycles. The van der Waals surface area contributed by atoms with Gasteiger partial charge in [0.2, 0.25) is 5.91 Å². The lowest BCUT2D eigenvalue weighted by Crippen LogP contribution is -2.47. The van der Waals surface area contributed by atoms with Crippen molar-refractivity contribution in [3.8, 4) is 0 Å². The molecule has 0 saturated carbocycles. The van der Waals surface area contributed by atoms with Crippen molar-refractivity contribution >= 4 is 5.91 Å². The third-order valence-electron chi connectivity index (χ3n) is 7.66. The number of amides is 1. The first-order chi connectivity index (χ1) is 15.5. The quantitative estimate of drug-likeness (QED) is 0.647. The number of likely N-dealkylation sites (tertiary alicyclic amines) is 1. The summed E-state index contributed by atoms with van der Waals surface area (Å²) in [5.41, 5.74) is 4.97. The predicted molar refractivity (Wildman–Crippen MR) is 130 cm³/mol. The fraction of sp³-hybridized carbons (Fsp3) is 0.536. The van der Waals surface area contributed by atoms with Gasteiger partial charge in [-0.15, -0.1) is 0 Å². The smallest absolute Gasteiger partial charge is 0.223 e. The summed E-state index contributed by atoms with van der Waals surface area (Å²) in [5, 5.41) is 14.6. The molecule has 2 aromatic rings. The number of likely N-dealkylation sites (N-methyl/N-ethyl adjacent to an activating group) is 1. The van der Waals surface area contributed by atoms with E-state index < -0.39 is 5.60 Å². The van der Waals surface area contributed by atoms with E-state index in [1.165, 1.54) is 22.3 Å². The number of carbonyl (C=O) groups is 1. The van der Waals surface area contributed by atoms with E-state index in [2.05, 4.69) is 42.6 Å². The molecule has 1 heterocycles. The largest absolute Gasteiger partial charge is 0.390 e. The number of benzene rings is 2. The number of nitrogens with zero attached hydrogens (tertiary/aromatic N) is 1. The summed E-state index contributed by atoms with van der Waals surface area (Å²) in [4.78, 5) is 14.8. The fourth-order valence-corrected chi connectivity index (χ4v) is 5.65. The molecule has 1 unspecified atom stereocenters. The lowest BCUT2D eigenvalue weighted by molar-refractivity contribution is -0.136. The van der Waals surface area contributed by atoms with Crippen LogP contribution in [0.15, 0.2) is 48.5 Å². The first-order valence-corrected chi connectivity index (χ1v) is 12.3. The van der Waals surface area contributed by atoms with E-state index in [-0.39, 0.29) is 11.8 Å². The molecule has 0 radical (unpaired) electrons. The Balaban J connectivity index is 1.32.